The lowest BCUT2D eigenvalue weighted by molar-refractivity contribution is -0.147. The molecule has 1 saturated carbocycles. The highest BCUT2D eigenvalue weighted by atomic mass is 35.5. The number of carbonyl (C=O) groups excluding carboxylic acids is 1. The Morgan fingerprint density at radius 3 is 2.52 bits per heavy atom. The molecule has 8 nitrogen and oxygen atoms in total. The summed E-state index contributed by atoms with van der Waals surface area (Å²) in [4.78, 5) is 25.2. The SMILES string of the molecule is C[C@@]1(CC(=O)O)C[C@H](c2cccc(Cl)c2)[C@H](C[C@H](c2ccc(Cl)cc2)C2CC2N(Cc2cccc(C#N)c2)S(=O)O)NC1=O. The number of carbonyl (C=O) groups is 2. The van der Waals surface area contributed by atoms with Gasteiger partial charge in [-0.05, 0) is 84.2 Å². The van der Waals surface area contributed by atoms with Gasteiger partial charge in [0.05, 0.1) is 23.5 Å². The van der Waals surface area contributed by atoms with E-state index in [1.54, 1.807) is 35.5 Å². The van der Waals surface area contributed by atoms with Crippen molar-refractivity contribution in [2.24, 2.45) is 11.3 Å². The van der Waals surface area contributed by atoms with Crippen molar-refractivity contribution >= 4 is 46.3 Å². The number of halogens is 2. The number of rotatable bonds is 11. The van der Waals surface area contributed by atoms with Crippen molar-refractivity contribution in [2.75, 3.05) is 0 Å². The van der Waals surface area contributed by atoms with Crippen LogP contribution in [0.5, 0.6) is 0 Å². The highest BCUT2D eigenvalue weighted by molar-refractivity contribution is 7.76. The zero-order valence-corrected chi connectivity index (χ0v) is 26.4. The first-order valence-electron chi connectivity index (χ1n) is 14.4. The van der Waals surface area contributed by atoms with Crippen LogP contribution < -0.4 is 5.32 Å². The first-order valence-corrected chi connectivity index (χ1v) is 16.2. The number of benzene rings is 3. The van der Waals surface area contributed by atoms with Crippen LogP contribution in [0.15, 0.2) is 72.8 Å². The summed E-state index contributed by atoms with van der Waals surface area (Å²) in [5.74, 6) is -1.66. The third-order valence-corrected chi connectivity index (χ3v) is 10.2. The number of nitrogens with one attached hydrogen (secondary N) is 1. The average Bonchev–Trinajstić information content (AvgIpc) is 3.76. The molecule has 0 spiro atoms. The van der Waals surface area contributed by atoms with Crippen LogP contribution >= 0.6 is 23.2 Å². The number of piperidine rings is 1. The zero-order valence-electron chi connectivity index (χ0n) is 24.0. The normalized spacial score (nSPS) is 26.0. The molecule has 230 valence electrons. The number of nitriles is 1. The first kappa shape index (κ1) is 32.1. The van der Waals surface area contributed by atoms with E-state index in [1.165, 1.54) is 0 Å². The molecule has 1 heterocycles. The quantitative estimate of drug-likeness (QED) is 0.202. The second kappa shape index (κ2) is 13.4. The van der Waals surface area contributed by atoms with Gasteiger partial charge in [0.2, 0.25) is 17.2 Å². The third kappa shape index (κ3) is 7.33. The van der Waals surface area contributed by atoms with E-state index in [2.05, 4.69) is 11.4 Å². The molecule has 5 rings (SSSR count). The van der Waals surface area contributed by atoms with E-state index < -0.39 is 22.7 Å². The fraction of sp³-hybridized carbons (Fsp3) is 0.364. The maximum absolute atomic E-state index is 13.4. The lowest BCUT2D eigenvalue weighted by Gasteiger charge is -2.43. The Morgan fingerprint density at radius 2 is 1.86 bits per heavy atom. The molecule has 2 aliphatic rings. The van der Waals surface area contributed by atoms with Crippen molar-refractivity contribution in [3.05, 3.63) is 105 Å². The summed E-state index contributed by atoms with van der Waals surface area (Å²) < 4.78 is 24.4. The van der Waals surface area contributed by atoms with Gasteiger partial charge in [0.1, 0.15) is 0 Å². The topological polar surface area (TPSA) is 131 Å². The van der Waals surface area contributed by atoms with Gasteiger partial charge in [-0.3, -0.25) is 14.1 Å². The number of amides is 1. The molecular weight excluding hydrogens is 621 g/mol. The van der Waals surface area contributed by atoms with Gasteiger partial charge >= 0.3 is 5.97 Å². The maximum atomic E-state index is 13.4. The largest absolute Gasteiger partial charge is 0.481 e. The van der Waals surface area contributed by atoms with Crippen LogP contribution in [-0.2, 0) is 27.4 Å². The van der Waals surface area contributed by atoms with Crippen molar-refractivity contribution in [1.82, 2.24) is 9.62 Å². The van der Waals surface area contributed by atoms with Crippen molar-refractivity contribution in [3.8, 4) is 6.07 Å². The Hall–Kier alpha value is -3.26. The molecule has 3 unspecified atom stereocenters. The molecule has 3 aromatic carbocycles. The number of aliphatic carboxylic acids is 1. The summed E-state index contributed by atoms with van der Waals surface area (Å²) >= 11 is 10.3. The van der Waals surface area contributed by atoms with Crippen LogP contribution in [0.25, 0.3) is 0 Å². The lowest BCUT2D eigenvalue weighted by Crippen LogP contribution is -2.54. The fourth-order valence-corrected chi connectivity index (χ4v) is 7.73. The van der Waals surface area contributed by atoms with Crippen molar-refractivity contribution < 1.29 is 23.5 Å². The fourth-order valence-electron chi connectivity index (χ4n) is 6.67. The summed E-state index contributed by atoms with van der Waals surface area (Å²) in [6.45, 7) is 1.89. The van der Waals surface area contributed by atoms with Crippen LogP contribution in [0.3, 0.4) is 0 Å². The summed E-state index contributed by atoms with van der Waals surface area (Å²) in [5.41, 5.74) is 2.05. The summed E-state index contributed by atoms with van der Waals surface area (Å²) in [6.07, 6.45) is 1.22. The highest BCUT2D eigenvalue weighted by Gasteiger charge is 2.52. The Labute approximate surface area is 269 Å². The standard InChI is InChI=1S/C33H33Cl2N3O5S/c1-33(17-31(39)40)16-28(23-6-3-7-25(35)13-23)29(37-32(33)41)14-26(22-8-10-24(34)11-9-22)27-15-30(27)38(44(42)43)19-21-5-2-4-20(12-21)18-36/h2-13,26-30H,14-17,19H2,1H3,(H,37,41)(H,39,40)(H,42,43)/t26-,27?,28-,29+,30?,33+/m1/s1. The van der Waals surface area contributed by atoms with Gasteiger partial charge in [-0.1, -0.05) is 66.5 Å². The molecule has 1 aliphatic heterocycles. The number of hydrogen-bond acceptors (Lipinski definition) is 4. The minimum Gasteiger partial charge on any atom is -0.481 e. The molecule has 0 aromatic heterocycles. The lowest BCUT2D eigenvalue weighted by atomic mass is 9.68. The molecule has 1 amide bonds. The van der Waals surface area contributed by atoms with Crippen LogP contribution in [0, 0.1) is 22.7 Å². The molecule has 44 heavy (non-hydrogen) atoms. The van der Waals surface area contributed by atoms with E-state index in [0.717, 1.165) is 16.7 Å². The van der Waals surface area contributed by atoms with E-state index in [0.29, 0.717) is 34.9 Å². The Balaban J connectivity index is 1.46. The smallest absolute Gasteiger partial charge is 0.304 e. The Bertz CT molecular complexity index is 1610. The minimum atomic E-state index is -2.26. The molecule has 0 bridgehead atoms. The van der Waals surface area contributed by atoms with Gasteiger partial charge in [-0.15, -0.1) is 0 Å². The molecular formula is C33H33Cl2N3O5S. The molecule has 11 heteroatoms. The molecule has 3 aromatic rings. The molecule has 0 radical (unpaired) electrons. The number of hydrogen-bond donors (Lipinski definition) is 3. The summed E-state index contributed by atoms with van der Waals surface area (Å²) in [6, 6.07) is 23.5. The Morgan fingerprint density at radius 1 is 1.14 bits per heavy atom. The van der Waals surface area contributed by atoms with Gasteiger partial charge in [0, 0.05) is 34.6 Å². The van der Waals surface area contributed by atoms with Gasteiger partial charge in [-0.25, -0.2) is 4.21 Å². The molecule has 1 saturated heterocycles. The van der Waals surface area contributed by atoms with Crippen LogP contribution in [0.4, 0.5) is 0 Å². The van der Waals surface area contributed by atoms with Crippen LogP contribution in [-0.4, -0.2) is 42.1 Å². The number of carboxylic acid groups (broad SMARTS) is 1. The van der Waals surface area contributed by atoms with E-state index in [4.69, 9.17) is 23.2 Å². The highest BCUT2D eigenvalue weighted by Crippen LogP contribution is 2.51. The zero-order chi connectivity index (χ0) is 31.6. The maximum Gasteiger partial charge on any atom is 0.304 e. The summed E-state index contributed by atoms with van der Waals surface area (Å²) in [5, 5.41) is 23.2. The predicted octanol–water partition coefficient (Wildman–Crippen LogP) is 6.52. The minimum absolute atomic E-state index is 0.00401. The van der Waals surface area contributed by atoms with Crippen molar-refractivity contribution in [2.45, 2.75) is 63.1 Å². The summed E-state index contributed by atoms with van der Waals surface area (Å²) in [7, 11) is 0. The van der Waals surface area contributed by atoms with Gasteiger partial charge in [0.25, 0.3) is 0 Å². The first-order chi connectivity index (χ1) is 21.0. The molecule has 1 aliphatic carbocycles. The average molecular weight is 655 g/mol. The van der Waals surface area contributed by atoms with E-state index in [1.807, 2.05) is 48.5 Å². The predicted molar refractivity (Wildman–Crippen MR) is 169 cm³/mol. The number of nitrogens with zero attached hydrogens (tertiary/aromatic N) is 2. The number of carboxylic acids is 1. The molecule has 3 N–H and O–H groups in total. The van der Waals surface area contributed by atoms with E-state index in [-0.39, 0.29) is 48.7 Å². The third-order valence-electron chi connectivity index (χ3n) is 8.93. The van der Waals surface area contributed by atoms with Crippen LogP contribution in [0.1, 0.15) is 66.7 Å². The van der Waals surface area contributed by atoms with E-state index in [9.17, 15) is 28.7 Å². The second-order valence-corrected chi connectivity index (χ2v) is 13.9. The van der Waals surface area contributed by atoms with Crippen LogP contribution in [0.2, 0.25) is 10.0 Å². The van der Waals surface area contributed by atoms with Crippen molar-refractivity contribution in [3.63, 3.8) is 0 Å². The van der Waals surface area contributed by atoms with Gasteiger partial charge < -0.3 is 10.4 Å². The molecule has 2 fully saturated rings. The monoisotopic (exact) mass is 653 g/mol. The van der Waals surface area contributed by atoms with Crippen molar-refractivity contribution in [1.29, 1.82) is 5.26 Å². The second-order valence-electron chi connectivity index (χ2n) is 12.1. The van der Waals surface area contributed by atoms with E-state index >= 15 is 0 Å². The van der Waals surface area contributed by atoms with Gasteiger partial charge in [0.15, 0.2) is 0 Å². The molecule has 7 atom stereocenters. The Kier molecular flexibility index (Phi) is 9.78. The van der Waals surface area contributed by atoms with Gasteiger partial charge in [-0.2, -0.15) is 9.57 Å².